The molecule has 0 atom stereocenters. The second-order valence-electron chi connectivity index (χ2n) is 4.49. The van der Waals surface area contributed by atoms with Crippen LogP contribution in [0.3, 0.4) is 0 Å². The quantitative estimate of drug-likeness (QED) is 0.845. The van der Waals surface area contributed by atoms with Gasteiger partial charge in [-0.05, 0) is 38.3 Å². The normalized spacial score (nSPS) is 19.1. The Morgan fingerprint density at radius 1 is 1.31 bits per heavy atom. The lowest BCUT2D eigenvalue weighted by Crippen LogP contribution is -2.50. The van der Waals surface area contributed by atoms with E-state index >= 15 is 0 Å². The van der Waals surface area contributed by atoms with Gasteiger partial charge in [0.1, 0.15) is 10.6 Å². The number of nitrogens with one attached hydrogen (secondary N) is 1. The number of hydrogen-bond acceptors (Lipinski definition) is 3. The molecule has 16 heavy (non-hydrogen) atoms. The number of para-hydroxylation sites is 1. The summed E-state index contributed by atoms with van der Waals surface area (Å²) in [7, 11) is -3.61. The molecule has 88 valence electrons. The van der Waals surface area contributed by atoms with Gasteiger partial charge in [-0.1, -0.05) is 12.1 Å². The fraction of sp³-hybridized carbons (Fsp3) is 0.455. The van der Waals surface area contributed by atoms with Crippen molar-refractivity contribution in [2.45, 2.75) is 36.6 Å². The molecule has 2 rings (SSSR count). The van der Waals surface area contributed by atoms with Crippen LogP contribution in [-0.2, 0) is 10.0 Å². The minimum absolute atomic E-state index is 0.0527. The standard InChI is InChI=1S/C11H15NO3S/c1-11(7-4-8-11)12-16(14,15)10-6-3-2-5-9(10)13/h2-3,5-6,12-13H,4,7-8H2,1H3. The Balaban J connectivity index is 2.29. The molecule has 0 spiro atoms. The summed E-state index contributed by atoms with van der Waals surface area (Å²) >= 11 is 0. The molecule has 1 fully saturated rings. The molecule has 0 aromatic heterocycles. The van der Waals surface area contributed by atoms with Crippen molar-refractivity contribution in [3.63, 3.8) is 0 Å². The summed E-state index contributed by atoms with van der Waals surface area (Å²) in [5.74, 6) is -0.210. The first-order valence-electron chi connectivity index (χ1n) is 5.25. The fourth-order valence-corrected chi connectivity index (χ4v) is 3.44. The van der Waals surface area contributed by atoms with Gasteiger partial charge in [-0.2, -0.15) is 0 Å². The van der Waals surface area contributed by atoms with Crippen molar-refractivity contribution in [3.8, 4) is 5.75 Å². The van der Waals surface area contributed by atoms with E-state index in [9.17, 15) is 13.5 Å². The predicted octanol–water partition coefficient (Wildman–Crippen LogP) is 1.61. The van der Waals surface area contributed by atoms with E-state index in [4.69, 9.17) is 0 Å². The van der Waals surface area contributed by atoms with Crippen molar-refractivity contribution >= 4 is 10.0 Å². The number of aromatic hydroxyl groups is 1. The highest BCUT2D eigenvalue weighted by molar-refractivity contribution is 7.89. The zero-order valence-electron chi connectivity index (χ0n) is 9.10. The molecule has 5 heteroatoms. The van der Waals surface area contributed by atoms with Gasteiger partial charge in [-0.15, -0.1) is 0 Å². The molecule has 0 radical (unpaired) electrons. The lowest BCUT2D eigenvalue weighted by Gasteiger charge is -2.38. The lowest BCUT2D eigenvalue weighted by molar-refractivity contribution is 0.247. The van der Waals surface area contributed by atoms with Crippen molar-refractivity contribution in [1.82, 2.24) is 4.72 Å². The van der Waals surface area contributed by atoms with Gasteiger partial charge in [0, 0.05) is 5.54 Å². The zero-order chi connectivity index (χ0) is 11.8. The summed E-state index contributed by atoms with van der Waals surface area (Å²) < 4.78 is 26.6. The van der Waals surface area contributed by atoms with Crippen LogP contribution in [0.2, 0.25) is 0 Å². The predicted molar refractivity (Wildman–Crippen MR) is 60.7 cm³/mol. The monoisotopic (exact) mass is 241 g/mol. The Labute approximate surface area is 95.4 Å². The Hall–Kier alpha value is -1.07. The van der Waals surface area contributed by atoms with Gasteiger partial charge >= 0.3 is 0 Å². The highest BCUT2D eigenvalue weighted by Crippen LogP contribution is 2.33. The van der Waals surface area contributed by atoms with E-state index in [1.165, 1.54) is 12.1 Å². The molecule has 0 heterocycles. The van der Waals surface area contributed by atoms with E-state index in [0.29, 0.717) is 0 Å². The average Bonchev–Trinajstić information content (AvgIpc) is 2.15. The molecule has 0 unspecified atom stereocenters. The maximum Gasteiger partial charge on any atom is 0.244 e. The van der Waals surface area contributed by atoms with E-state index < -0.39 is 10.0 Å². The van der Waals surface area contributed by atoms with Gasteiger partial charge in [0.15, 0.2) is 0 Å². The summed E-state index contributed by atoms with van der Waals surface area (Å²) in [5, 5.41) is 9.51. The van der Waals surface area contributed by atoms with Crippen LogP contribution in [0, 0.1) is 0 Å². The van der Waals surface area contributed by atoms with Crippen molar-refractivity contribution in [2.24, 2.45) is 0 Å². The summed E-state index contributed by atoms with van der Waals surface area (Å²) in [6.07, 6.45) is 2.74. The van der Waals surface area contributed by atoms with Crippen molar-refractivity contribution in [1.29, 1.82) is 0 Å². The zero-order valence-corrected chi connectivity index (χ0v) is 9.92. The Kier molecular flexibility index (Phi) is 2.67. The first kappa shape index (κ1) is 11.4. The SMILES string of the molecule is CC1(NS(=O)(=O)c2ccccc2O)CCC1. The van der Waals surface area contributed by atoms with Gasteiger partial charge in [-0.3, -0.25) is 0 Å². The number of sulfonamides is 1. The maximum absolute atomic E-state index is 12.0. The van der Waals surface area contributed by atoms with E-state index in [2.05, 4.69) is 4.72 Å². The third kappa shape index (κ3) is 2.05. The smallest absolute Gasteiger partial charge is 0.244 e. The largest absolute Gasteiger partial charge is 0.507 e. The molecule has 1 aliphatic carbocycles. The molecule has 0 bridgehead atoms. The van der Waals surface area contributed by atoms with Crippen LogP contribution < -0.4 is 4.72 Å². The van der Waals surface area contributed by atoms with Crippen LogP contribution in [-0.4, -0.2) is 19.1 Å². The van der Waals surface area contributed by atoms with Crippen LogP contribution in [0.1, 0.15) is 26.2 Å². The first-order valence-corrected chi connectivity index (χ1v) is 6.73. The van der Waals surface area contributed by atoms with Crippen LogP contribution >= 0.6 is 0 Å². The second-order valence-corrected chi connectivity index (χ2v) is 6.14. The summed E-state index contributed by atoms with van der Waals surface area (Å²) in [4.78, 5) is -0.0527. The molecular formula is C11H15NO3S. The van der Waals surface area contributed by atoms with E-state index in [1.54, 1.807) is 12.1 Å². The Morgan fingerprint density at radius 3 is 2.44 bits per heavy atom. The van der Waals surface area contributed by atoms with Crippen molar-refractivity contribution < 1.29 is 13.5 Å². The molecule has 0 saturated heterocycles. The maximum atomic E-state index is 12.0. The van der Waals surface area contributed by atoms with E-state index in [1.807, 2.05) is 6.92 Å². The summed E-state index contributed by atoms with van der Waals surface area (Å²) in [5.41, 5.74) is -0.346. The second kappa shape index (κ2) is 3.75. The number of phenolic OH excluding ortho intramolecular Hbond substituents is 1. The molecular weight excluding hydrogens is 226 g/mol. The van der Waals surface area contributed by atoms with E-state index in [0.717, 1.165) is 19.3 Å². The van der Waals surface area contributed by atoms with Crippen LogP contribution in [0.25, 0.3) is 0 Å². The van der Waals surface area contributed by atoms with Gasteiger partial charge in [0.2, 0.25) is 10.0 Å². The van der Waals surface area contributed by atoms with Gasteiger partial charge in [0.25, 0.3) is 0 Å². The van der Waals surface area contributed by atoms with Crippen molar-refractivity contribution in [2.75, 3.05) is 0 Å². The third-order valence-electron chi connectivity index (χ3n) is 2.99. The molecule has 4 nitrogen and oxygen atoms in total. The fourth-order valence-electron chi connectivity index (χ4n) is 1.87. The van der Waals surface area contributed by atoms with Gasteiger partial charge in [-0.25, -0.2) is 13.1 Å². The number of benzene rings is 1. The summed E-state index contributed by atoms with van der Waals surface area (Å²) in [6, 6.07) is 5.97. The topological polar surface area (TPSA) is 66.4 Å². The molecule has 0 aliphatic heterocycles. The van der Waals surface area contributed by atoms with Crippen LogP contribution in [0.15, 0.2) is 29.2 Å². The van der Waals surface area contributed by atoms with Crippen molar-refractivity contribution in [3.05, 3.63) is 24.3 Å². The average molecular weight is 241 g/mol. The van der Waals surface area contributed by atoms with Gasteiger partial charge in [0.05, 0.1) is 0 Å². The first-order chi connectivity index (χ1) is 7.43. The lowest BCUT2D eigenvalue weighted by atomic mass is 9.80. The molecule has 1 aliphatic rings. The molecule has 2 N–H and O–H groups in total. The highest BCUT2D eigenvalue weighted by Gasteiger charge is 2.36. The van der Waals surface area contributed by atoms with E-state index in [-0.39, 0.29) is 16.2 Å². The molecule has 1 aromatic carbocycles. The Morgan fingerprint density at radius 2 is 1.94 bits per heavy atom. The van der Waals surface area contributed by atoms with Gasteiger partial charge < -0.3 is 5.11 Å². The minimum Gasteiger partial charge on any atom is -0.507 e. The summed E-state index contributed by atoms with van der Waals surface area (Å²) in [6.45, 7) is 1.88. The molecule has 1 aromatic rings. The number of phenols is 1. The minimum atomic E-state index is -3.61. The highest BCUT2D eigenvalue weighted by atomic mass is 32.2. The Bertz CT molecular complexity index is 492. The number of rotatable bonds is 3. The van der Waals surface area contributed by atoms with Crippen LogP contribution in [0.4, 0.5) is 0 Å². The van der Waals surface area contributed by atoms with Crippen LogP contribution in [0.5, 0.6) is 5.75 Å². The molecule has 0 amide bonds. The molecule has 1 saturated carbocycles. The third-order valence-corrected chi connectivity index (χ3v) is 4.68. The number of hydrogen-bond donors (Lipinski definition) is 2.